The lowest BCUT2D eigenvalue weighted by Crippen LogP contribution is -2.53. The summed E-state index contributed by atoms with van der Waals surface area (Å²) in [4.78, 5) is 16.1. The van der Waals surface area contributed by atoms with Crippen LogP contribution in [0, 0.1) is 0 Å². The number of nitrogens with zero attached hydrogens (tertiary/aromatic N) is 5. The van der Waals surface area contributed by atoms with Gasteiger partial charge >= 0.3 is 6.18 Å². The van der Waals surface area contributed by atoms with E-state index in [0.29, 0.717) is 24.3 Å². The number of anilines is 2. The van der Waals surface area contributed by atoms with Gasteiger partial charge < -0.3 is 10.2 Å². The van der Waals surface area contributed by atoms with Gasteiger partial charge in [-0.3, -0.25) is 4.90 Å². The molecule has 2 atom stereocenters. The molecular formula is C17H18ClF3N6. The lowest BCUT2D eigenvalue weighted by molar-refractivity contribution is -0.141. The van der Waals surface area contributed by atoms with Gasteiger partial charge in [-0.25, -0.2) is 15.0 Å². The molecule has 1 N–H and O–H groups in total. The van der Waals surface area contributed by atoms with Crippen LogP contribution in [0.2, 0.25) is 5.02 Å². The summed E-state index contributed by atoms with van der Waals surface area (Å²) in [5.41, 5.74) is -0.920. The third-order valence-electron chi connectivity index (χ3n) is 4.97. The first-order valence-corrected chi connectivity index (χ1v) is 9.07. The number of halogens is 4. The van der Waals surface area contributed by atoms with E-state index < -0.39 is 11.9 Å². The monoisotopic (exact) mass is 398 g/mol. The average molecular weight is 399 g/mol. The zero-order chi connectivity index (χ0) is 19.0. The second kappa shape index (κ2) is 7.12. The van der Waals surface area contributed by atoms with Crippen LogP contribution in [0.3, 0.4) is 0 Å². The van der Waals surface area contributed by atoms with E-state index in [0.717, 1.165) is 37.3 Å². The molecule has 0 aromatic carbocycles. The van der Waals surface area contributed by atoms with E-state index >= 15 is 0 Å². The van der Waals surface area contributed by atoms with E-state index in [1.54, 1.807) is 17.2 Å². The third kappa shape index (κ3) is 3.93. The molecule has 10 heteroatoms. The molecule has 4 heterocycles. The maximum absolute atomic E-state index is 12.9. The van der Waals surface area contributed by atoms with Crippen molar-refractivity contribution < 1.29 is 13.2 Å². The highest BCUT2D eigenvalue weighted by molar-refractivity contribution is 6.30. The highest BCUT2D eigenvalue weighted by Gasteiger charge is 2.39. The molecule has 144 valence electrons. The molecule has 27 heavy (non-hydrogen) atoms. The molecule has 2 saturated heterocycles. The van der Waals surface area contributed by atoms with Gasteiger partial charge in [-0.05, 0) is 37.5 Å². The Morgan fingerprint density at radius 3 is 2.70 bits per heavy atom. The van der Waals surface area contributed by atoms with E-state index in [9.17, 15) is 13.2 Å². The zero-order valence-electron chi connectivity index (χ0n) is 14.3. The van der Waals surface area contributed by atoms with Crippen LogP contribution in [-0.4, -0.2) is 45.3 Å². The van der Waals surface area contributed by atoms with Gasteiger partial charge in [0, 0.05) is 25.0 Å². The molecule has 2 aliphatic heterocycles. The normalized spacial score (nSPS) is 23.3. The number of alkyl halides is 3. The quantitative estimate of drug-likeness (QED) is 0.852. The lowest BCUT2D eigenvalue weighted by atomic mass is 10.1. The van der Waals surface area contributed by atoms with Crippen molar-refractivity contribution in [3.8, 4) is 0 Å². The fraction of sp³-hybridized carbons (Fsp3) is 0.471. The number of nitrogens with one attached hydrogen (secondary N) is 1. The molecular weight excluding hydrogens is 381 g/mol. The average Bonchev–Trinajstić information content (AvgIpc) is 3.05. The van der Waals surface area contributed by atoms with Crippen LogP contribution in [0.5, 0.6) is 0 Å². The highest BCUT2D eigenvalue weighted by Crippen LogP contribution is 2.33. The molecule has 0 unspecified atom stereocenters. The Morgan fingerprint density at radius 1 is 1.11 bits per heavy atom. The van der Waals surface area contributed by atoms with Crippen LogP contribution in [-0.2, 0) is 6.18 Å². The summed E-state index contributed by atoms with van der Waals surface area (Å²) >= 11 is 5.87. The van der Waals surface area contributed by atoms with E-state index in [4.69, 9.17) is 11.6 Å². The molecule has 6 nitrogen and oxygen atoms in total. The van der Waals surface area contributed by atoms with Gasteiger partial charge in [0.15, 0.2) is 0 Å². The second-order valence-corrected chi connectivity index (χ2v) is 7.14. The van der Waals surface area contributed by atoms with Gasteiger partial charge in [0.1, 0.15) is 11.5 Å². The smallest absolute Gasteiger partial charge is 0.354 e. The Morgan fingerprint density at radius 2 is 1.96 bits per heavy atom. The lowest BCUT2D eigenvalue weighted by Gasteiger charge is -2.40. The molecule has 0 amide bonds. The van der Waals surface area contributed by atoms with Gasteiger partial charge in [-0.2, -0.15) is 13.2 Å². The van der Waals surface area contributed by atoms with Crippen molar-refractivity contribution in [2.45, 2.75) is 37.6 Å². The van der Waals surface area contributed by atoms with Crippen molar-refractivity contribution in [2.75, 3.05) is 23.4 Å². The number of aromatic nitrogens is 3. The Bertz CT molecular complexity index is 800. The summed E-state index contributed by atoms with van der Waals surface area (Å²) in [6.45, 7) is 1.10. The van der Waals surface area contributed by atoms with Crippen molar-refractivity contribution in [1.29, 1.82) is 0 Å². The van der Waals surface area contributed by atoms with Gasteiger partial charge in [0.05, 0.1) is 17.9 Å². The fourth-order valence-corrected chi connectivity index (χ4v) is 3.75. The summed E-state index contributed by atoms with van der Waals surface area (Å²) in [7, 11) is 0. The van der Waals surface area contributed by atoms with Crippen LogP contribution < -0.4 is 10.2 Å². The first kappa shape index (κ1) is 18.2. The predicted octanol–water partition coefficient (Wildman–Crippen LogP) is 3.61. The second-order valence-electron chi connectivity index (χ2n) is 6.70. The van der Waals surface area contributed by atoms with Gasteiger partial charge in [0.2, 0.25) is 5.95 Å². The molecule has 2 aromatic rings. The topological polar surface area (TPSA) is 57.2 Å². The minimum atomic E-state index is -4.48. The standard InChI is InChI=1S/C17H18ClF3N6/c18-11-1-3-14(23-9-11)25-15-4-2-12-6-8-26(10-27(12)15)16-22-7-5-13(24-16)17(19,20)21/h1,3,5,7,9,12,15H,2,4,6,8,10H2,(H,23,25)/t12-,15-/m0/s1. The molecule has 0 saturated carbocycles. The van der Waals surface area contributed by atoms with Crippen molar-refractivity contribution in [3.63, 3.8) is 0 Å². The first-order chi connectivity index (χ1) is 12.9. The van der Waals surface area contributed by atoms with Crippen molar-refractivity contribution in [3.05, 3.63) is 41.3 Å². The van der Waals surface area contributed by atoms with Gasteiger partial charge in [-0.15, -0.1) is 0 Å². The Kier molecular flexibility index (Phi) is 4.81. The van der Waals surface area contributed by atoms with Crippen LogP contribution >= 0.6 is 11.6 Å². The van der Waals surface area contributed by atoms with E-state index in [1.165, 1.54) is 0 Å². The van der Waals surface area contributed by atoms with E-state index in [1.807, 2.05) is 6.07 Å². The maximum Gasteiger partial charge on any atom is 0.433 e. The van der Waals surface area contributed by atoms with Gasteiger partial charge in [-0.1, -0.05) is 11.6 Å². The van der Waals surface area contributed by atoms with Crippen LogP contribution in [0.25, 0.3) is 0 Å². The first-order valence-electron chi connectivity index (χ1n) is 8.69. The van der Waals surface area contributed by atoms with Gasteiger partial charge in [0.25, 0.3) is 0 Å². The number of fused-ring (bicyclic) bond motifs is 1. The highest BCUT2D eigenvalue weighted by atomic mass is 35.5. The minimum absolute atomic E-state index is 0.0530. The van der Waals surface area contributed by atoms with Crippen molar-refractivity contribution in [2.24, 2.45) is 0 Å². The molecule has 2 aromatic heterocycles. The molecule has 2 aliphatic rings. The molecule has 2 fully saturated rings. The Hall–Kier alpha value is -2.13. The van der Waals surface area contributed by atoms with Crippen LogP contribution in [0.15, 0.2) is 30.6 Å². The summed E-state index contributed by atoms with van der Waals surface area (Å²) < 4.78 is 38.8. The largest absolute Gasteiger partial charge is 0.433 e. The van der Waals surface area contributed by atoms with Crippen molar-refractivity contribution in [1.82, 2.24) is 19.9 Å². The summed E-state index contributed by atoms with van der Waals surface area (Å²) in [6.07, 6.45) is 1.13. The molecule has 0 bridgehead atoms. The minimum Gasteiger partial charge on any atom is -0.354 e. The molecule has 4 rings (SSSR count). The number of hydrogen-bond acceptors (Lipinski definition) is 6. The number of rotatable bonds is 3. The summed E-state index contributed by atoms with van der Waals surface area (Å²) in [5.74, 6) is 0.830. The van der Waals surface area contributed by atoms with E-state index in [2.05, 4.69) is 25.2 Å². The maximum atomic E-state index is 12.9. The zero-order valence-corrected chi connectivity index (χ0v) is 15.1. The van der Waals surface area contributed by atoms with E-state index in [-0.39, 0.29) is 12.1 Å². The summed E-state index contributed by atoms with van der Waals surface area (Å²) in [5, 5.41) is 3.95. The molecule has 0 spiro atoms. The predicted molar refractivity (Wildman–Crippen MR) is 95.4 cm³/mol. The SMILES string of the molecule is FC(F)(F)c1ccnc(N2CC[C@@H]3CC[C@@H](Nc4ccc(Cl)cn4)N3C2)n1. The van der Waals surface area contributed by atoms with Crippen LogP contribution in [0.4, 0.5) is 24.9 Å². The number of pyridine rings is 1. The van der Waals surface area contributed by atoms with Crippen molar-refractivity contribution >= 4 is 23.4 Å². The molecule has 0 radical (unpaired) electrons. The van der Waals surface area contributed by atoms with Crippen LogP contribution in [0.1, 0.15) is 25.0 Å². The Balaban J connectivity index is 1.49. The third-order valence-corrected chi connectivity index (χ3v) is 5.19. The molecule has 0 aliphatic carbocycles. The fourth-order valence-electron chi connectivity index (χ4n) is 3.64. The Labute approximate surface area is 159 Å². The number of hydrogen-bond donors (Lipinski definition) is 1. The summed E-state index contributed by atoms with van der Waals surface area (Å²) in [6, 6.07) is 4.86.